The summed E-state index contributed by atoms with van der Waals surface area (Å²) in [6, 6.07) is 7.57. The lowest BCUT2D eigenvalue weighted by Crippen LogP contribution is -2.01. The first kappa shape index (κ1) is 20.2. The van der Waals surface area contributed by atoms with Crippen molar-refractivity contribution in [3.63, 3.8) is 0 Å². The maximum absolute atomic E-state index is 5.77. The van der Waals surface area contributed by atoms with Crippen molar-refractivity contribution in [2.75, 3.05) is 13.7 Å². The summed E-state index contributed by atoms with van der Waals surface area (Å²) in [6.45, 7) is 4.61. The third kappa shape index (κ3) is 9.80. The van der Waals surface area contributed by atoms with E-state index in [1.54, 1.807) is 7.11 Å². The van der Waals surface area contributed by atoms with Crippen LogP contribution in [0, 0.1) is 0 Å². The first-order valence-corrected chi connectivity index (χ1v) is 8.58. The fourth-order valence-corrected chi connectivity index (χ4v) is 2.64. The zero-order chi connectivity index (χ0) is 17.3. The first-order valence-electron chi connectivity index (χ1n) is 7.45. The zero-order valence-corrected chi connectivity index (χ0v) is 16.0. The van der Waals surface area contributed by atoms with Gasteiger partial charge >= 0.3 is 0 Å². The van der Waals surface area contributed by atoms with Crippen molar-refractivity contribution >= 4 is 34.8 Å². The van der Waals surface area contributed by atoms with Crippen LogP contribution in [0.5, 0.6) is 11.5 Å². The van der Waals surface area contributed by atoms with Gasteiger partial charge in [0.25, 0.3) is 0 Å². The number of allylic oxidation sites excluding steroid dienone is 3. The lowest BCUT2D eigenvalue weighted by atomic mass is 10.1. The van der Waals surface area contributed by atoms with Gasteiger partial charge in [-0.25, -0.2) is 0 Å². The molecule has 0 aliphatic heterocycles. The minimum absolute atomic E-state index is 0.458. The van der Waals surface area contributed by atoms with Gasteiger partial charge in [-0.15, -0.1) is 0 Å². The predicted octanol–water partition coefficient (Wildman–Crippen LogP) is 6.51. The van der Waals surface area contributed by atoms with E-state index in [2.05, 4.69) is 19.1 Å². The normalized spacial score (nSPS) is 13.1. The van der Waals surface area contributed by atoms with Gasteiger partial charge in [0, 0.05) is 12.5 Å². The summed E-state index contributed by atoms with van der Waals surface area (Å²) in [5, 5.41) is 0. The van der Waals surface area contributed by atoms with Gasteiger partial charge in [0.2, 0.25) is 0 Å². The monoisotopic (exact) mass is 376 g/mol. The summed E-state index contributed by atoms with van der Waals surface area (Å²) in [4.78, 5) is 0. The molecule has 0 heterocycles. The molecular formula is C18H23Cl3O2. The van der Waals surface area contributed by atoms with Gasteiger partial charge in [-0.05, 0) is 44.9 Å². The van der Waals surface area contributed by atoms with Crippen LogP contribution in [0.4, 0.5) is 0 Å². The summed E-state index contributed by atoms with van der Waals surface area (Å²) in [5.41, 5.74) is 2.36. The van der Waals surface area contributed by atoms with Gasteiger partial charge in [0.05, 0.1) is 7.11 Å². The lowest BCUT2D eigenvalue weighted by Gasteiger charge is -2.10. The van der Waals surface area contributed by atoms with E-state index in [0.29, 0.717) is 13.0 Å². The van der Waals surface area contributed by atoms with E-state index < -0.39 is 3.79 Å². The summed E-state index contributed by atoms with van der Waals surface area (Å²) in [7, 11) is 1.64. The Hall–Kier alpha value is -0.830. The average Bonchev–Trinajstić information content (AvgIpc) is 2.45. The second kappa shape index (κ2) is 10.1. The molecule has 1 rings (SSSR count). The van der Waals surface area contributed by atoms with Crippen molar-refractivity contribution in [2.24, 2.45) is 0 Å². The van der Waals surface area contributed by atoms with E-state index in [0.717, 1.165) is 29.9 Å². The Bertz CT molecular complexity index is 545. The third-order valence-electron chi connectivity index (χ3n) is 3.23. The van der Waals surface area contributed by atoms with E-state index in [9.17, 15) is 0 Å². The molecule has 1 aromatic carbocycles. The Balaban J connectivity index is 2.35. The Morgan fingerprint density at radius 2 is 1.78 bits per heavy atom. The largest absolute Gasteiger partial charge is 0.497 e. The van der Waals surface area contributed by atoms with Crippen molar-refractivity contribution in [1.29, 1.82) is 0 Å². The van der Waals surface area contributed by atoms with Crippen molar-refractivity contribution in [2.45, 2.75) is 36.9 Å². The molecule has 2 nitrogen and oxygen atoms in total. The lowest BCUT2D eigenvalue weighted by molar-refractivity contribution is 0.355. The van der Waals surface area contributed by atoms with Crippen molar-refractivity contribution in [3.8, 4) is 11.5 Å². The molecule has 0 bridgehead atoms. The summed E-state index contributed by atoms with van der Waals surface area (Å²) >= 11 is 17.3. The molecule has 0 N–H and O–H groups in total. The number of benzene rings is 1. The molecule has 0 fully saturated rings. The highest BCUT2D eigenvalue weighted by Gasteiger charge is 2.19. The van der Waals surface area contributed by atoms with Crippen LogP contribution in [0.25, 0.3) is 0 Å². The van der Waals surface area contributed by atoms with Crippen molar-refractivity contribution < 1.29 is 9.47 Å². The standard InChI is InChI=1S/C18H23Cl3O2/c1-14(6-4-7-15(2)13-18(19,20)21)10-11-23-17-9-5-8-16(12-17)22-3/h5,7-10,12H,4,6,11,13H2,1-3H3/b14-10+,15-7+. The van der Waals surface area contributed by atoms with Crippen molar-refractivity contribution in [3.05, 3.63) is 47.6 Å². The molecule has 0 atom stereocenters. The minimum Gasteiger partial charge on any atom is -0.497 e. The Morgan fingerprint density at radius 1 is 1.09 bits per heavy atom. The Labute approximate surface area is 154 Å². The Kier molecular flexibility index (Phi) is 8.90. The number of ether oxygens (including phenoxy) is 2. The number of hydrogen-bond donors (Lipinski definition) is 0. The molecule has 0 amide bonds. The maximum Gasteiger partial charge on any atom is 0.194 e. The molecule has 0 saturated carbocycles. The van der Waals surface area contributed by atoms with Crippen LogP contribution < -0.4 is 9.47 Å². The Morgan fingerprint density at radius 3 is 2.43 bits per heavy atom. The van der Waals surface area contributed by atoms with Gasteiger partial charge in [0.15, 0.2) is 3.79 Å². The highest BCUT2D eigenvalue weighted by atomic mass is 35.6. The zero-order valence-electron chi connectivity index (χ0n) is 13.7. The van der Waals surface area contributed by atoms with Crippen LogP contribution in [-0.4, -0.2) is 17.5 Å². The van der Waals surface area contributed by atoms with E-state index in [4.69, 9.17) is 44.3 Å². The fraction of sp³-hybridized carbons (Fsp3) is 0.444. The molecule has 0 radical (unpaired) electrons. The molecule has 0 aliphatic rings. The summed E-state index contributed by atoms with van der Waals surface area (Å²) < 4.78 is 9.64. The third-order valence-corrected chi connectivity index (χ3v) is 3.63. The molecule has 0 spiro atoms. The van der Waals surface area contributed by atoms with Crippen LogP contribution in [0.15, 0.2) is 47.6 Å². The van der Waals surface area contributed by atoms with Gasteiger partial charge in [-0.2, -0.15) is 0 Å². The molecule has 23 heavy (non-hydrogen) atoms. The van der Waals surface area contributed by atoms with Gasteiger partial charge in [-0.1, -0.05) is 58.1 Å². The average molecular weight is 378 g/mol. The first-order chi connectivity index (χ1) is 10.8. The molecule has 0 aromatic heterocycles. The van der Waals surface area contributed by atoms with Gasteiger partial charge in [0.1, 0.15) is 18.1 Å². The fourth-order valence-electron chi connectivity index (χ4n) is 2.01. The molecule has 0 saturated heterocycles. The van der Waals surface area contributed by atoms with E-state index in [1.165, 1.54) is 5.57 Å². The number of rotatable bonds is 8. The molecule has 0 unspecified atom stereocenters. The number of alkyl halides is 3. The van der Waals surface area contributed by atoms with Gasteiger partial charge < -0.3 is 9.47 Å². The SMILES string of the molecule is COc1cccc(OC/C=C(\C)CC/C=C(\C)CC(Cl)(Cl)Cl)c1. The minimum atomic E-state index is -1.21. The molecule has 128 valence electrons. The second-order valence-corrected chi connectivity index (χ2v) is 7.94. The van der Waals surface area contributed by atoms with E-state index >= 15 is 0 Å². The highest BCUT2D eigenvalue weighted by Crippen LogP contribution is 2.33. The quantitative estimate of drug-likeness (QED) is 0.380. The predicted molar refractivity (Wildman–Crippen MR) is 100 cm³/mol. The summed E-state index contributed by atoms with van der Waals surface area (Å²) in [5.74, 6) is 1.59. The van der Waals surface area contributed by atoms with Crippen LogP contribution in [0.2, 0.25) is 0 Å². The van der Waals surface area contributed by atoms with E-state index in [1.807, 2.05) is 31.2 Å². The van der Waals surface area contributed by atoms with Crippen LogP contribution in [-0.2, 0) is 0 Å². The van der Waals surface area contributed by atoms with Crippen LogP contribution >= 0.6 is 34.8 Å². The second-order valence-electron chi connectivity index (χ2n) is 5.42. The molecular weight excluding hydrogens is 355 g/mol. The molecule has 1 aromatic rings. The smallest absolute Gasteiger partial charge is 0.194 e. The number of methoxy groups -OCH3 is 1. The number of halogens is 3. The molecule has 5 heteroatoms. The highest BCUT2D eigenvalue weighted by molar-refractivity contribution is 6.67. The van der Waals surface area contributed by atoms with Crippen molar-refractivity contribution in [1.82, 2.24) is 0 Å². The topological polar surface area (TPSA) is 18.5 Å². The van der Waals surface area contributed by atoms with Crippen LogP contribution in [0.1, 0.15) is 33.1 Å². The number of hydrogen-bond acceptors (Lipinski definition) is 2. The summed E-state index contributed by atoms with van der Waals surface area (Å²) in [6.07, 6.45) is 6.53. The van der Waals surface area contributed by atoms with E-state index in [-0.39, 0.29) is 0 Å². The maximum atomic E-state index is 5.77. The molecule has 0 aliphatic carbocycles. The van der Waals surface area contributed by atoms with Crippen LogP contribution in [0.3, 0.4) is 0 Å². The van der Waals surface area contributed by atoms with Gasteiger partial charge in [-0.3, -0.25) is 0 Å².